The molecular weight excluding hydrogens is 270 g/mol. The first-order chi connectivity index (χ1) is 9.10. The normalized spacial score (nSPS) is 22.6. The van der Waals surface area contributed by atoms with Crippen LogP contribution in [-0.4, -0.2) is 32.3 Å². The minimum Gasteiger partial charge on any atom is -1.00 e. The van der Waals surface area contributed by atoms with Gasteiger partial charge in [-0.25, -0.2) is 0 Å². The average molecular weight is 306 g/mol. The van der Waals surface area contributed by atoms with Gasteiger partial charge in [-0.15, -0.1) is 0 Å². The van der Waals surface area contributed by atoms with Crippen molar-refractivity contribution in [2.45, 2.75) is 89.7 Å². The fourth-order valence-electron chi connectivity index (χ4n) is 3.18. The summed E-state index contributed by atoms with van der Waals surface area (Å²) in [6.45, 7) is 5.53. The second-order valence-corrected chi connectivity index (χ2v) is 6.85. The Labute approximate surface area is 133 Å². The Kier molecular flexibility index (Phi) is 11.0. The molecule has 0 saturated carbocycles. The molecule has 122 valence electrons. The van der Waals surface area contributed by atoms with E-state index >= 15 is 0 Å². The molecular formula is C17H36ClNO. The second kappa shape index (κ2) is 10.9. The van der Waals surface area contributed by atoms with Gasteiger partial charge in [-0.3, -0.25) is 0 Å². The molecule has 1 fully saturated rings. The summed E-state index contributed by atoms with van der Waals surface area (Å²) in [4.78, 5) is 1.56. The summed E-state index contributed by atoms with van der Waals surface area (Å²) in [5, 5.41) is 0. The number of ether oxygens (including phenoxy) is 1. The van der Waals surface area contributed by atoms with Crippen LogP contribution in [0.4, 0.5) is 0 Å². The van der Waals surface area contributed by atoms with Gasteiger partial charge in [0.1, 0.15) is 11.6 Å². The quantitative estimate of drug-likeness (QED) is 0.403. The van der Waals surface area contributed by atoms with Crippen LogP contribution in [0, 0.1) is 0 Å². The molecule has 0 amide bonds. The van der Waals surface area contributed by atoms with E-state index in [-0.39, 0.29) is 18.0 Å². The smallest absolute Gasteiger partial charge is 0.140 e. The third-order valence-electron chi connectivity index (χ3n) is 4.63. The number of quaternary nitrogens is 1. The summed E-state index contributed by atoms with van der Waals surface area (Å²) in [6, 6.07) is 0.692. The van der Waals surface area contributed by atoms with Gasteiger partial charge in [-0.05, 0) is 13.3 Å². The Balaban J connectivity index is 0.00000361. The van der Waals surface area contributed by atoms with Gasteiger partial charge in [0.15, 0.2) is 0 Å². The molecule has 0 spiro atoms. The van der Waals surface area contributed by atoms with Gasteiger partial charge in [0.2, 0.25) is 0 Å². The minimum absolute atomic E-state index is 0. The molecule has 2 nitrogen and oxygen atoms in total. The standard InChI is InChI=1S/C17H35NO.ClH/c1-5-6-7-8-9-10-11-12-13-14-16(18(3)4)17(2)15-19-17;/h16H,5-15H2,1-4H3;1H. The molecule has 1 heterocycles. The highest BCUT2D eigenvalue weighted by molar-refractivity contribution is 4.94. The van der Waals surface area contributed by atoms with Crippen LogP contribution >= 0.6 is 0 Å². The van der Waals surface area contributed by atoms with Crippen molar-refractivity contribution < 1.29 is 22.0 Å². The van der Waals surface area contributed by atoms with E-state index in [0.29, 0.717) is 6.04 Å². The Hall–Kier alpha value is 0.210. The van der Waals surface area contributed by atoms with E-state index in [1.807, 2.05) is 0 Å². The zero-order valence-electron chi connectivity index (χ0n) is 14.1. The Morgan fingerprint density at radius 3 is 1.80 bits per heavy atom. The third kappa shape index (κ3) is 7.85. The summed E-state index contributed by atoms with van der Waals surface area (Å²) in [5.74, 6) is 0. The number of likely N-dealkylation sites (N-methyl/N-ethyl adjacent to an activating group) is 1. The molecule has 3 heteroatoms. The first-order valence-corrected chi connectivity index (χ1v) is 8.54. The van der Waals surface area contributed by atoms with E-state index in [4.69, 9.17) is 4.74 Å². The van der Waals surface area contributed by atoms with E-state index in [2.05, 4.69) is 27.9 Å². The van der Waals surface area contributed by atoms with E-state index in [9.17, 15) is 0 Å². The Bertz CT molecular complexity index is 229. The Morgan fingerprint density at radius 2 is 1.40 bits per heavy atom. The van der Waals surface area contributed by atoms with Crippen LogP contribution in [0.2, 0.25) is 0 Å². The number of hydrogen-bond acceptors (Lipinski definition) is 1. The summed E-state index contributed by atoms with van der Waals surface area (Å²) >= 11 is 0. The van der Waals surface area contributed by atoms with Crippen LogP contribution in [0.5, 0.6) is 0 Å². The molecule has 0 aromatic carbocycles. The lowest BCUT2D eigenvalue weighted by molar-refractivity contribution is -0.890. The molecule has 20 heavy (non-hydrogen) atoms. The van der Waals surface area contributed by atoms with E-state index in [0.717, 1.165) is 6.61 Å². The van der Waals surface area contributed by atoms with Crippen LogP contribution in [0.3, 0.4) is 0 Å². The van der Waals surface area contributed by atoms with Crippen molar-refractivity contribution in [2.75, 3.05) is 20.7 Å². The van der Waals surface area contributed by atoms with Crippen molar-refractivity contribution in [1.82, 2.24) is 0 Å². The first-order valence-electron chi connectivity index (χ1n) is 8.54. The fourth-order valence-corrected chi connectivity index (χ4v) is 3.18. The molecule has 0 radical (unpaired) electrons. The summed E-state index contributed by atoms with van der Waals surface area (Å²) < 4.78 is 5.63. The van der Waals surface area contributed by atoms with Crippen LogP contribution in [0.15, 0.2) is 0 Å². The maximum atomic E-state index is 5.63. The third-order valence-corrected chi connectivity index (χ3v) is 4.63. The number of rotatable bonds is 12. The number of halogens is 1. The van der Waals surface area contributed by atoms with Crippen molar-refractivity contribution in [3.05, 3.63) is 0 Å². The van der Waals surface area contributed by atoms with Gasteiger partial charge in [-0.1, -0.05) is 58.3 Å². The lowest BCUT2D eigenvalue weighted by Gasteiger charge is -2.24. The molecule has 1 aliphatic rings. The molecule has 1 rings (SSSR count). The van der Waals surface area contributed by atoms with E-state index < -0.39 is 0 Å². The summed E-state index contributed by atoms with van der Waals surface area (Å²) in [6.07, 6.45) is 14.1. The Morgan fingerprint density at radius 1 is 0.950 bits per heavy atom. The molecule has 2 unspecified atom stereocenters. The molecule has 1 saturated heterocycles. The summed E-state index contributed by atoms with van der Waals surface area (Å²) in [5.41, 5.74) is 0.193. The van der Waals surface area contributed by atoms with Crippen molar-refractivity contribution in [2.24, 2.45) is 0 Å². The molecule has 1 N–H and O–H groups in total. The second-order valence-electron chi connectivity index (χ2n) is 6.85. The lowest BCUT2D eigenvalue weighted by Crippen LogP contribution is -3.11. The van der Waals surface area contributed by atoms with E-state index in [1.54, 1.807) is 4.90 Å². The number of nitrogens with one attached hydrogen (secondary N) is 1. The number of unbranched alkanes of at least 4 members (excludes halogenated alkanes) is 8. The average Bonchev–Trinajstić information content (AvgIpc) is 3.10. The highest BCUT2D eigenvalue weighted by Crippen LogP contribution is 2.31. The van der Waals surface area contributed by atoms with E-state index in [1.165, 1.54) is 64.2 Å². The molecule has 0 aliphatic carbocycles. The monoisotopic (exact) mass is 305 g/mol. The summed E-state index contributed by atoms with van der Waals surface area (Å²) in [7, 11) is 4.54. The number of epoxide rings is 1. The predicted octanol–water partition coefficient (Wildman–Crippen LogP) is 0.213. The molecule has 2 atom stereocenters. The molecule has 0 bridgehead atoms. The maximum absolute atomic E-state index is 5.63. The molecule has 0 aromatic heterocycles. The first kappa shape index (κ1) is 20.2. The van der Waals surface area contributed by atoms with Crippen molar-refractivity contribution in [3.63, 3.8) is 0 Å². The van der Waals surface area contributed by atoms with Gasteiger partial charge in [0.25, 0.3) is 0 Å². The van der Waals surface area contributed by atoms with Crippen LogP contribution in [-0.2, 0) is 4.74 Å². The zero-order valence-corrected chi connectivity index (χ0v) is 14.9. The van der Waals surface area contributed by atoms with Gasteiger partial charge in [-0.2, -0.15) is 0 Å². The molecule has 0 aromatic rings. The predicted molar refractivity (Wildman–Crippen MR) is 82.8 cm³/mol. The van der Waals surface area contributed by atoms with Gasteiger partial charge in [0.05, 0.1) is 20.7 Å². The van der Waals surface area contributed by atoms with Gasteiger partial charge in [0, 0.05) is 6.42 Å². The van der Waals surface area contributed by atoms with Gasteiger partial charge >= 0.3 is 0 Å². The van der Waals surface area contributed by atoms with Crippen molar-refractivity contribution >= 4 is 0 Å². The van der Waals surface area contributed by atoms with Crippen LogP contribution < -0.4 is 17.3 Å². The van der Waals surface area contributed by atoms with Gasteiger partial charge < -0.3 is 22.0 Å². The minimum atomic E-state index is 0. The highest BCUT2D eigenvalue weighted by Gasteiger charge is 2.50. The lowest BCUT2D eigenvalue weighted by atomic mass is 9.95. The SMILES string of the molecule is CCCCCCCCCCCC([NH+](C)C)C1(C)CO1.[Cl-]. The maximum Gasteiger partial charge on any atom is 0.140 e. The fraction of sp³-hybridized carbons (Fsp3) is 1.00. The van der Waals surface area contributed by atoms with Crippen LogP contribution in [0.1, 0.15) is 78.1 Å². The topological polar surface area (TPSA) is 17.0 Å². The largest absolute Gasteiger partial charge is 1.00 e. The van der Waals surface area contributed by atoms with Crippen molar-refractivity contribution in [1.29, 1.82) is 0 Å². The number of hydrogen-bond donors (Lipinski definition) is 1. The zero-order chi connectivity index (χ0) is 14.1. The molecule has 1 aliphatic heterocycles. The van der Waals surface area contributed by atoms with Crippen LogP contribution in [0.25, 0.3) is 0 Å². The van der Waals surface area contributed by atoms with Crippen molar-refractivity contribution in [3.8, 4) is 0 Å². The highest BCUT2D eigenvalue weighted by atomic mass is 35.5.